The van der Waals surface area contributed by atoms with E-state index >= 15 is 0 Å². The number of hydrogen-bond acceptors (Lipinski definition) is 3. The first-order valence-corrected chi connectivity index (χ1v) is 10.3. The highest BCUT2D eigenvalue weighted by Gasteiger charge is 2.28. The molecule has 0 bridgehead atoms. The predicted molar refractivity (Wildman–Crippen MR) is 100 cm³/mol. The summed E-state index contributed by atoms with van der Waals surface area (Å²) in [4.78, 5) is 12.5. The van der Waals surface area contributed by atoms with Gasteiger partial charge in [-0.25, -0.2) is 13.1 Å². The van der Waals surface area contributed by atoms with Gasteiger partial charge in [0.2, 0.25) is 10.0 Å². The molecule has 0 heterocycles. The average molecular weight is 444 g/mol. The molecule has 0 saturated heterocycles. The number of hydrogen-bond donors (Lipinski definition) is 2. The fourth-order valence-corrected chi connectivity index (χ4v) is 4.23. The van der Waals surface area contributed by atoms with Crippen molar-refractivity contribution in [1.29, 1.82) is 0 Å². The topological polar surface area (TPSA) is 75.3 Å². The molecule has 5 nitrogen and oxygen atoms in total. The Hall–Kier alpha value is -1.41. The van der Waals surface area contributed by atoms with Crippen LogP contribution in [0.5, 0.6) is 0 Å². The molecule has 0 unspecified atom stereocenters. The van der Waals surface area contributed by atoms with Gasteiger partial charge in [0.15, 0.2) is 0 Å². The fraction of sp³-hybridized carbons (Fsp3) is 0.235. The third kappa shape index (κ3) is 4.82. The first-order chi connectivity index (χ1) is 11.8. The van der Waals surface area contributed by atoms with Gasteiger partial charge in [-0.2, -0.15) is 0 Å². The Kier molecular flexibility index (Phi) is 5.48. The number of nitrogens with one attached hydrogen (secondary N) is 2. The van der Waals surface area contributed by atoms with Crippen molar-refractivity contribution in [2.45, 2.75) is 30.3 Å². The molecule has 3 rings (SSSR count). The van der Waals surface area contributed by atoms with Gasteiger partial charge in [-0.15, -0.1) is 0 Å². The van der Waals surface area contributed by atoms with Gasteiger partial charge in [-0.3, -0.25) is 4.79 Å². The SMILES string of the molecule is O=C(NCc1cccc(Cl)c1)c1cc(S(=O)(=O)NC2CC2)ccc1Br. The summed E-state index contributed by atoms with van der Waals surface area (Å²) >= 11 is 9.23. The van der Waals surface area contributed by atoms with Crippen LogP contribution in [-0.4, -0.2) is 20.4 Å². The summed E-state index contributed by atoms with van der Waals surface area (Å²) in [5.41, 5.74) is 1.12. The third-order valence-electron chi connectivity index (χ3n) is 3.73. The molecule has 0 spiro atoms. The number of sulfonamides is 1. The van der Waals surface area contributed by atoms with Crippen molar-refractivity contribution in [1.82, 2.24) is 10.0 Å². The Bertz CT molecular complexity index is 914. The molecule has 1 amide bonds. The standard InChI is InChI=1S/C17H16BrClN2O3S/c18-16-7-6-14(25(23,24)21-13-4-5-13)9-15(16)17(22)20-10-11-2-1-3-12(19)8-11/h1-3,6-9,13,21H,4-5,10H2,(H,20,22). The number of rotatable bonds is 6. The molecule has 132 valence electrons. The predicted octanol–water partition coefficient (Wildman–Crippen LogP) is 3.47. The lowest BCUT2D eigenvalue weighted by Crippen LogP contribution is -2.27. The second-order valence-corrected chi connectivity index (χ2v) is 8.85. The molecule has 25 heavy (non-hydrogen) atoms. The van der Waals surface area contributed by atoms with E-state index in [1.807, 2.05) is 6.07 Å². The number of carbonyl (C=O) groups is 1. The molecule has 1 aliphatic rings. The molecule has 2 N–H and O–H groups in total. The van der Waals surface area contributed by atoms with Crippen LogP contribution in [-0.2, 0) is 16.6 Å². The monoisotopic (exact) mass is 442 g/mol. The van der Waals surface area contributed by atoms with E-state index in [4.69, 9.17) is 11.6 Å². The van der Waals surface area contributed by atoms with Crippen molar-refractivity contribution >= 4 is 43.5 Å². The van der Waals surface area contributed by atoms with Crippen LogP contribution in [0.1, 0.15) is 28.8 Å². The van der Waals surface area contributed by atoms with Crippen LogP contribution >= 0.6 is 27.5 Å². The molecule has 0 aliphatic heterocycles. The maximum absolute atomic E-state index is 12.4. The Morgan fingerprint density at radius 2 is 1.96 bits per heavy atom. The number of benzene rings is 2. The molecule has 1 aliphatic carbocycles. The minimum atomic E-state index is -3.61. The lowest BCUT2D eigenvalue weighted by Gasteiger charge is -2.10. The maximum atomic E-state index is 12.4. The van der Waals surface area contributed by atoms with Crippen LogP contribution in [0.15, 0.2) is 51.8 Å². The molecule has 1 fully saturated rings. The highest BCUT2D eigenvalue weighted by molar-refractivity contribution is 9.10. The summed E-state index contributed by atoms with van der Waals surface area (Å²) < 4.78 is 27.8. The lowest BCUT2D eigenvalue weighted by atomic mass is 10.2. The Balaban J connectivity index is 1.76. The smallest absolute Gasteiger partial charge is 0.252 e. The van der Waals surface area contributed by atoms with Crippen LogP contribution in [0.3, 0.4) is 0 Å². The van der Waals surface area contributed by atoms with Gasteiger partial charge in [0.05, 0.1) is 10.5 Å². The van der Waals surface area contributed by atoms with Crippen molar-refractivity contribution < 1.29 is 13.2 Å². The van der Waals surface area contributed by atoms with E-state index in [0.29, 0.717) is 16.0 Å². The quantitative estimate of drug-likeness (QED) is 0.718. The number of amides is 1. The molecule has 0 aromatic heterocycles. The highest BCUT2D eigenvalue weighted by atomic mass is 79.9. The molecule has 1 saturated carbocycles. The van der Waals surface area contributed by atoms with Crippen molar-refractivity contribution in [3.63, 3.8) is 0 Å². The highest BCUT2D eigenvalue weighted by Crippen LogP contribution is 2.25. The zero-order chi connectivity index (χ0) is 18.0. The van der Waals surface area contributed by atoms with E-state index in [2.05, 4.69) is 26.0 Å². The Labute approximate surface area is 160 Å². The van der Waals surface area contributed by atoms with Crippen LogP contribution in [0.2, 0.25) is 5.02 Å². The molecular formula is C17H16BrClN2O3S. The molecule has 2 aromatic rings. The van der Waals surface area contributed by atoms with E-state index in [1.165, 1.54) is 12.1 Å². The summed E-state index contributed by atoms with van der Waals surface area (Å²) in [6.07, 6.45) is 1.70. The van der Waals surface area contributed by atoms with Crippen LogP contribution in [0.4, 0.5) is 0 Å². The summed E-state index contributed by atoms with van der Waals surface area (Å²) in [6.45, 7) is 0.295. The molecule has 0 atom stereocenters. The largest absolute Gasteiger partial charge is 0.348 e. The van der Waals surface area contributed by atoms with Crippen LogP contribution in [0, 0.1) is 0 Å². The molecule has 2 aromatic carbocycles. The summed E-state index contributed by atoms with van der Waals surface area (Å²) in [5, 5.41) is 3.36. The zero-order valence-corrected chi connectivity index (χ0v) is 16.3. The van der Waals surface area contributed by atoms with E-state index in [-0.39, 0.29) is 22.4 Å². The minimum absolute atomic E-state index is 0.00810. The van der Waals surface area contributed by atoms with Crippen LogP contribution < -0.4 is 10.0 Å². The number of halogens is 2. The van der Waals surface area contributed by atoms with Gasteiger partial charge in [-0.1, -0.05) is 23.7 Å². The second-order valence-electron chi connectivity index (χ2n) is 5.85. The van der Waals surface area contributed by atoms with Crippen molar-refractivity contribution in [2.24, 2.45) is 0 Å². The normalized spacial score (nSPS) is 14.3. The van der Waals surface area contributed by atoms with Gasteiger partial charge in [0.1, 0.15) is 0 Å². The Morgan fingerprint density at radius 3 is 2.64 bits per heavy atom. The van der Waals surface area contributed by atoms with E-state index in [1.54, 1.807) is 24.3 Å². The van der Waals surface area contributed by atoms with Crippen LogP contribution in [0.25, 0.3) is 0 Å². The first-order valence-electron chi connectivity index (χ1n) is 7.70. The molecule has 0 radical (unpaired) electrons. The molecular weight excluding hydrogens is 428 g/mol. The summed E-state index contributed by atoms with van der Waals surface area (Å²) in [5.74, 6) is -0.365. The first kappa shape index (κ1) is 18.4. The lowest BCUT2D eigenvalue weighted by molar-refractivity contribution is 0.0950. The second kappa shape index (κ2) is 7.45. The van der Waals surface area contributed by atoms with Crippen molar-refractivity contribution in [3.05, 3.63) is 63.1 Å². The van der Waals surface area contributed by atoms with Crippen molar-refractivity contribution in [2.75, 3.05) is 0 Å². The zero-order valence-electron chi connectivity index (χ0n) is 13.1. The van der Waals surface area contributed by atoms with Gasteiger partial charge < -0.3 is 5.32 Å². The average Bonchev–Trinajstić information content (AvgIpc) is 3.36. The number of carbonyl (C=O) groups excluding carboxylic acids is 1. The Morgan fingerprint density at radius 1 is 1.20 bits per heavy atom. The third-order valence-corrected chi connectivity index (χ3v) is 6.18. The molecule has 8 heteroatoms. The maximum Gasteiger partial charge on any atom is 0.252 e. The van der Waals surface area contributed by atoms with E-state index in [9.17, 15) is 13.2 Å². The van der Waals surface area contributed by atoms with E-state index in [0.717, 1.165) is 18.4 Å². The van der Waals surface area contributed by atoms with Gasteiger partial charge in [0.25, 0.3) is 5.91 Å². The van der Waals surface area contributed by atoms with Gasteiger partial charge >= 0.3 is 0 Å². The fourth-order valence-electron chi connectivity index (χ4n) is 2.26. The summed E-state index contributed by atoms with van der Waals surface area (Å²) in [7, 11) is -3.61. The summed E-state index contributed by atoms with van der Waals surface area (Å²) in [6, 6.07) is 11.6. The minimum Gasteiger partial charge on any atom is -0.348 e. The van der Waals surface area contributed by atoms with Gasteiger partial charge in [-0.05, 0) is 64.7 Å². The van der Waals surface area contributed by atoms with Gasteiger partial charge in [0, 0.05) is 22.1 Å². The van der Waals surface area contributed by atoms with Crippen molar-refractivity contribution in [3.8, 4) is 0 Å². The van der Waals surface area contributed by atoms with E-state index < -0.39 is 10.0 Å².